The van der Waals surface area contributed by atoms with Gasteiger partial charge in [0.25, 0.3) is 5.91 Å². The van der Waals surface area contributed by atoms with Gasteiger partial charge in [-0.3, -0.25) is 10.1 Å². The van der Waals surface area contributed by atoms with Crippen molar-refractivity contribution in [3.05, 3.63) is 53.2 Å². The predicted molar refractivity (Wildman–Crippen MR) is 92.3 cm³/mol. The van der Waals surface area contributed by atoms with E-state index >= 15 is 0 Å². The van der Waals surface area contributed by atoms with Gasteiger partial charge < -0.3 is 4.52 Å². The van der Waals surface area contributed by atoms with Crippen molar-refractivity contribution in [3.63, 3.8) is 0 Å². The van der Waals surface area contributed by atoms with Crippen molar-refractivity contribution < 1.29 is 13.7 Å². The van der Waals surface area contributed by atoms with E-state index in [1.807, 2.05) is 0 Å². The van der Waals surface area contributed by atoms with E-state index in [4.69, 9.17) is 4.52 Å². The van der Waals surface area contributed by atoms with Crippen LogP contribution in [0.5, 0.6) is 0 Å². The van der Waals surface area contributed by atoms with Crippen molar-refractivity contribution in [1.29, 1.82) is 0 Å². The summed E-state index contributed by atoms with van der Waals surface area (Å²) in [6, 6.07) is 8.27. The van der Waals surface area contributed by atoms with E-state index in [0.29, 0.717) is 26.7 Å². The zero-order valence-corrected chi connectivity index (χ0v) is 14.6. The molecule has 1 aliphatic rings. The summed E-state index contributed by atoms with van der Waals surface area (Å²) in [6.45, 7) is 0. The highest BCUT2D eigenvalue weighted by molar-refractivity contribution is 8.00. The van der Waals surface area contributed by atoms with E-state index in [9.17, 15) is 9.18 Å². The maximum absolute atomic E-state index is 13.6. The lowest BCUT2D eigenvalue weighted by Crippen LogP contribution is -2.11. The molecule has 1 amide bonds. The first-order valence-electron chi connectivity index (χ1n) is 7.67. The number of nitrogens with zero attached hydrogens (tertiary/aromatic N) is 3. The fraction of sp³-hybridized carbons (Fsp3) is 0.250. The van der Waals surface area contributed by atoms with Crippen LogP contribution in [-0.2, 0) is 5.75 Å². The third-order valence-corrected chi connectivity index (χ3v) is 5.70. The maximum atomic E-state index is 13.6. The smallest absolute Gasteiger partial charge is 0.279 e. The molecule has 1 fully saturated rings. The molecular formula is C16H13FN4O2S2. The van der Waals surface area contributed by atoms with Gasteiger partial charge in [0.05, 0.1) is 0 Å². The van der Waals surface area contributed by atoms with Gasteiger partial charge in [0.2, 0.25) is 5.13 Å². The third-order valence-electron chi connectivity index (χ3n) is 3.68. The lowest BCUT2D eigenvalue weighted by Gasteiger charge is -1.99. The Morgan fingerprint density at radius 1 is 1.36 bits per heavy atom. The fourth-order valence-electron chi connectivity index (χ4n) is 2.19. The summed E-state index contributed by atoms with van der Waals surface area (Å²) in [5, 5.41) is 14.8. The summed E-state index contributed by atoms with van der Waals surface area (Å²) in [4.78, 5) is 12.2. The van der Waals surface area contributed by atoms with Gasteiger partial charge in [-0.05, 0) is 24.5 Å². The lowest BCUT2D eigenvalue weighted by molar-refractivity contribution is 0.101. The average molecular weight is 376 g/mol. The Balaban J connectivity index is 1.35. The zero-order chi connectivity index (χ0) is 17.2. The highest BCUT2D eigenvalue weighted by atomic mass is 32.2. The molecule has 0 saturated heterocycles. The number of aromatic nitrogens is 3. The minimum Gasteiger partial charge on any atom is -0.360 e. The predicted octanol–water partition coefficient (Wildman–Crippen LogP) is 4.09. The standard InChI is InChI=1S/C16H13FN4O2S2/c17-11-4-2-1-3-10(11)8-24-16-20-19-15(25-16)18-14(22)12-7-13(23-21-12)9-5-6-9/h1-4,7,9H,5-6,8H2,(H,18,19,22). The van der Waals surface area contributed by atoms with Crippen molar-refractivity contribution in [2.24, 2.45) is 0 Å². The van der Waals surface area contributed by atoms with Crippen LogP contribution in [-0.4, -0.2) is 21.3 Å². The van der Waals surface area contributed by atoms with Gasteiger partial charge in [-0.15, -0.1) is 10.2 Å². The number of halogens is 1. The largest absolute Gasteiger partial charge is 0.360 e. The number of hydrogen-bond acceptors (Lipinski definition) is 7. The van der Waals surface area contributed by atoms with Crippen molar-refractivity contribution in [2.75, 3.05) is 5.32 Å². The van der Waals surface area contributed by atoms with Crippen LogP contribution in [0.4, 0.5) is 9.52 Å². The first-order valence-corrected chi connectivity index (χ1v) is 9.47. The van der Waals surface area contributed by atoms with E-state index in [0.717, 1.165) is 18.6 Å². The molecule has 0 radical (unpaired) electrons. The molecule has 4 rings (SSSR count). The van der Waals surface area contributed by atoms with Crippen molar-refractivity contribution in [1.82, 2.24) is 15.4 Å². The molecule has 1 aromatic carbocycles. The monoisotopic (exact) mass is 376 g/mol. The SMILES string of the molecule is O=C(Nc1nnc(SCc2ccccc2F)s1)c1cc(C2CC2)on1. The van der Waals surface area contributed by atoms with Crippen molar-refractivity contribution in [2.45, 2.75) is 28.9 Å². The molecule has 6 nitrogen and oxygen atoms in total. The Morgan fingerprint density at radius 2 is 2.20 bits per heavy atom. The van der Waals surface area contributed by atoms with Crippen molar-refractivity contribution in [3.8, 4) is 0 Å². The number of nitrogens with one attached hydrogen (secondary N) is 1. The van der Waals surface area contributed by atoms with Gasteiger partial charge in [-0.2, -0.15) is 0 Å². The minimum atomic E-state index is -0.377. The fourth-order valence-corrected chi connectivity index (χ4v) is 3.92. The molecule has 0 spiro atoms. The summed E-state index contributed by atoms with van der Waals surface area (Å²) in [5.41, 5.74) is 0.834. The van der Waals surface area contributed by atoms with Gasteiger partial charge in [0.15, 0.2) is 10.0 Å². The van der Waals surface area contributed by atoms with E-state index in [1.165, 1.54) is 29.2 Å². The molecule has 3 aromatic rings. The number of hydrogen-bond donors (Lipinski definition) is 1. The first-order chi connectivity index (χ1) is 12.2. The van der Waals surface area contributed by atoms with Gasteiger partial charge in [-0.25, -0.2) is 4.39 Å². The number of carbonyl (C=O) groups excluding carboxylic acids is 1. The first kappa shape index (κ1) is 16.2. The number of amides is 1. The molecular weight excluding hydrogens is 363 g/mol. The average Bonchev–Trinajstić information content (AvgIpc) is 3.17. The number of anilines is 1. The van der Waals surface area contributed by atoms with E-state index < -0.39 is 0 Å². The molecule has 0 bridgehead atoms. The highest BCUT2D eigenvalue weighted by Gasteiger charge is 2.29. The van der Waals surface area contributed by atoms with E-state index in [2.05, 4.69) is 20.7 Å². The Kier molecular flexibility index (Phi) is 4.50. The van der Waals surface area contributed by atoms with Crippen LogP contribution in [0.25, 0.3) is 0 Å². The molecule has 0 atom stereocenters. The number of rotatable bonds is 6. The van der Waals surface area contributed by atoms with Crippen LogP contribution in [0.2, 0.25) is 0 Å². The summed E-state index contributed by atoms with van der Waals surface area (Å²) >= 11 is 2.60. The number of thioether (sulfide) groups is 1. The van der Waals surface area contributed by atoms with Gasteiger partial charge in [0, 0.05) is 17.7 Å². The topological polar surface area (TPSA) is 80.9 Å². The van der Waals surface area contributed by atoms with Crippen LogP contribution in [0.1, 0.15) is 40.6 Å². The molecule has 1 N–H and O–H groups in total. The second kappa shape index (κ2) is 6.93. The highest BCUT2D eigenvalue weighted by Crippen LogP contribution is 2.40. The molecule has 128 valence electrons. The Morgan fingerprint density at radius 3 is 3.00 bits per heavy atom. The van der Waals surface area contributed by atoms with Crippen molar-refractivity contribution >= 4 is 34.1 Å². The Hall–Kier alpha value is -2.26. The van der Waals surface area contributed by atoms with E-state index in [-0.39, 0.29) is 17.4 Å². The zero-order valence-electron chi connectivity index (χ0n) is 12.9. The summed E-state index contributed by atoms with van der Waals surface area (Å²) in [6.07, 6.45) is 2.16. The van der Waals surface area contributed by atoms with Gasteiger partial charge >= 0.3 is 0 Å². The summed E-state index contributed by atoms with van der Waals surface area (Å²) in [5.74, 6) is 0.979. The van der Waals surface area contributed by atoms with Gasteiger partial charge in [-0.1, -0.05) is 46.5 Å². The maximum Gasteiger partial charge on any atom is 0.279 e. The quantitative estimate of drug-likeness (QED) is 0.516. The second-order valence-electron chi connectivity index (χ2n) is 5.60. The third kappa shape index (κ3) is 3.88. The Labute approximate surface area is 150 Å². The Bertz CT molecular complexity index is 907. The minimum absolute atomic E-state index is 0.234. The van der Waals surface area contributed by atoms with E-state index in [1.54, 1.807) is 24.3 Å². The van der Waals surface area contributed by atoms with Crippen LogP contribution < -0.4 is 5.32 Å². The summed E-state index contributed by atoms with van der Waals surface area (Å²) in [7, 11) is 0. The number of carbonyl (C=O) groups is 1. The summed E-state index contributed by atoms with van der Waals surface area (Å²) < 4.78 is 19.4. The molecule has 2 aromatic heterocycles. The van der Waals surface area contributed by atoms with Crippen LogP contribution in [0.3, 0.4) is 0 Å². The normalized spacial score (nSPS) is 13.8. The molecule has 25 heavy (non-hydrogen) atoms. The molecule has 2 heterocycles. The molecule has 9 heteroatoms. The number of benzene rings is 1. The van der Waals surface area contributed by atoms with Crippen LogP contribution in [0.15, 0.2) is 39.2 Å². The second-order valence-corrected chi connectivity index (χ2v) is 7.80. The molecule has 0 aliphatic heterocycles. The van der Waals surface area contributed by atoms with Crippen LogP contribution in [0, 0.1) is 5.82 Å². The van der Waals surface area contributed by atoms with Gasteiger partial charge in [0.1, 0.15) is 11.6 Å². The lowest BCUT2D eigenvalue weighted by atomic mass is 10.2. The molecule has 0 unspecified atom stereocenters. The van der Waals surface area contributed by atoms with Crippen LogP contribution >= 0.6 is 23.1 Å². The molecule has 1 saturated carbocycles. The molecule has 1 aliphatic carbocycles.